The normalized spacial score (nSPS) is 19.2. The molecule has 7 nitrogen and oxygen atoms in total. The van der Waals surface area contributed by atoms with Crippen LogP contribution in [0.1, 0.15) is 15.9 Å². The number of aliphatic hydroxyl groups excluding tert-OH is 3. The van der Waals surface area contributed by atoms with Crippen molar-refractivity contribution in [1.29, 1.82) is 0 Å². The van der Waals surface area contributed by atoms with Crippen molar-refractivity contribution in [2.45, 2.75) is 0 Å². The van der Waals surface area contributed by atoms with Crippen LogP contribution in [-0.4, -0.2) is 38.5 Å². The molecule has 0 aliphatic heterocycles. The average molecular weight is 388 g/mol. The van der Waals surface area contributed by atoms with Crippen LogP contribution in [0.2, 0.25) is 0 Å². The van der Waals surface area contributed by atoms with Gasteiger partial charge in [-0.25, -0.2) is 0 Å². The summed E-state index contributed by atoms with van der Waals surface area (Å²) in [6.07, 6.45) is 5.33. The molecule has 0 unspecified atom stereocenters. The lowest BCUT2D eigenvalue weighted by molar-refractivity contribution is -0.113. The third-order valence-corrected chi connectivity index (χ3v) is 4.73. The summed E-state index contributed by atoms with van der Waals surface area (Å²) in [5.41, 5.74) is -1.19. The molecule has 0 heterocycles. The smallest absolute Gasteiger partial charge is 0.233 e. The standard InChI is InChI=1S/C22H12O7/c23-15-7-6-14-18(25)10-2-1-3-11(8-10)19(26)20(27)12-4-5-13(16(24)9-12)21(28)17(15)22(14)29/h1-9,25,28-29H. The van der Waals surface area contributed by atoms with Crippen LogP contribution < -0.4 is 0 Å². The number of hydrogen-bond acceptors (Lipinski definition) is 7. The summed E-state index contributed by atoms with van der Waals surface area (Å²) in [7, 11) is 0. The van der Waals surface area contributed by atoms with Crippen molar-refractivity contribution in [3.8, 4) is 0 Å². The minimum absolute atomic E-state index is 0.0257. The molecule has 4 aliphatic carbocycles. The first-order chi connectivity index (χ1) is 13.8. The lowest BCUT2D eigenvalue weighted by Gasteiger charge is -2.17. The van der Waals surface area contributed by atoms with E-state index >= 15 is 0 Å². The maximum Gasteiger partial charge on any atom is 0.233 e. The monoisotopic (exact) mass is 388 g/mol. The highest BCUT2D eigenvalue weighted by atomic mass is 16.3. The number of ketones is 4. The van der Waals surface area contributed by atoms with Crippen molar-refractivity contribution in [1.82, 2.24) is 0 Å². The number of fused-ring (bicyclic) bond motifs is 2. The van der Waals surface area contributed by atoms with Crippen molar-refractivity contribution >= 4 is 28.9 Å². The molecule has 0 saturated carbocycles. The summed E-state index contributed by atoms with van der Waals surface area (Å²) in [5, 5.41) is 31.7. The highest BCUT2D eigenvalue weighted by Crippen LogP contribution is 2.32. The number of carbonyl (C=O) groups is 4. The van der Waals surface area contributed by atoms with Gasteiger partial charge in [0, 0.05) is 16.7 Å². The van der Waals surface area contributed by atoms with Gasteiger partial charge in [-0.2, -0.15) is 0 Å². The van der Waals surface area contributed by atoms with E-state index in [1.165, 1.54) is 30.3 Å². The van der Waals surface area contributed by atoms with Crippen LogP contribution in [0, 0.1) is 0 Å². The second-order valence-electron chi connectivity index (χ2n) is 6.48. The zero-order chi connectivity index (χ0) is 20.9. The number of allylic oxidation sites excluding steroid dienone is 8. The van der Waals surface area contributed by atoms with Crippen molar-refractivity contribution < 1.29 is 34.5 Å². The fourth-order valence-electron chi connectivity index (χ4n) is 3.21. The molecule has 0 radical (unpaired) electrons. The lowest BCUT2D eigenvalue weighted by atomic mass is 9.88. The van der Waals surface area contributed by atoms with Gasteiger partial charge in [0.1, 0.15) is 22.9 Å². The van der Waals surface area contributed by atoms with Gasteiger partial charge in [-0.05, 0) is 36.4 Å². The molecule has 0 saturated heterocycles. The number of rotatable bonds is 0. The van der Waals surface area contributed by atoms with Gasteiger partial charge in [-0.1, -0.05) is 18.2 Å². The SMILES string of the molecule is O=C1C=C2C=CC1=C(O)C1=C(O)C(=C(O)c3cccc(c3)C(=O)C2=O)C=CC1=O. The highest BCUT2D eigenvalue weighted by molar-refractivity contribution is 6.50. The van der Waals surface area contributed by atoms with E-state index in [-0.39, 0.29) is 27.8 Å². The maximum absolute atomic E-state index is 12.6. The first-order valence-electron chi connectivity index (χ1n) is 8.46. The second kappa shape index (κ2) is 6.42. The van der Waals surface area contributed by atoms with Crippen LogP contribution in [0.3, 0.4) is 0 Å². The first-order valence-corrected chi connectivity index (χ1v) is 8.46. The minimum Gasteiger partial charge on any atom is -0.507 e. The summed E-state index contributed by atoms with van der Waals surface area (Å²) in [6, 6.07) is 5.51. The number of Topliss-reactive ketones (excluding diaryl/α,β-unsaturated/α-hetero) is 2. The molecule has 1 aromatic carbocycles. The summed E-state index contributed by atoms with van der Waals surface area (Å²) >= 11 is 0. The summed E-state index contributed by atoms with van der Waals surface area (Å²) in [5.74, 6) is -5.42. The maximum atomic E-state index is 12.6. The Morgan fingerprint density at radius 3 is 2.03 bits per heavy atom. The molecule has 142 valence electrons. The zero-order valence-corrected chi connectivity index (χ0v) is 14.7. The van der Waals surface area contributed by atoms with E-state index in [2.05, 4.69) is 0 Å². The van der Waals surface area contributed by atoms with Crippen molar-refractivity contribution in [2.24, 2.45) is 0 Å². The van der Waals surface area contributed by atoms with Gasteiger partial charge in [0.2, 0.25) is 11.6 Å². The van der Waals surface area contributed by atoms with Gasteiger partial charge in [0.05, 0.1) is 11.1 Å². The Morgan fingerprint density at radius 2 is 1.31 bits per heavy atom. The van der Waals surface area contributed by atoms with Crippen LogP contribution in [0.5, 0.6) is 0 Å². The number of carbonyl (C=O) groups excluding carboxylic acids is 4. The third kappa shape index (κ3) is 2.76. The van der Waals surface area contributed by atoms with Crippen molar-refractivity contribution in [3.63, 3.8) is 0 Å². The molecule has 0 amide bonds. The van der Waals surface area contributed by atoms with Gasteiger partial charge in [-0.3, -0.25) is 19.2 Å². The highest BCUT2D eigenvalue weighted by Gasteiger charge is 2.31. The van der Waals surface area contributed by atoms with E-state index in [4.69, 9.17) is 0 Å². The molecule has 3 N–H and O–H groups in total. The minimum atomic E-state index is -0.937. The Labute approximate surface area is 163 Å². The van der Waals surface area contributed by atoms with Crippen LogP contribution in [-0.2, 0) is 14.4 Å². The predicted molar refractivity (Wildman–Crippen MR) is 101 cm³/mol. The van der Waals surface area contributed by atoms with Gasteiger partial charge >= 0.3 is 0 Å². The number of benzene rings is 1. The molecule has 1 aromatic rings. The molecule has 6 bridgehead atoms. The third-order valence-electron chi connectivity index (χ3n) is 4.73. The summed E-state index contributed by atoms with van der Waals surface area (Å²) in [4.78, 5) is 49.7. The van der Waals surface area contributed by atoms with E-state index < -0.39 is 46.0 Å². The van der Waals surface area contributed by atoms with E-state index in [1.54, 1.807) is 0 Å². The number of aliphatic hydroxyl groups is 3. The number of hydrogen-bond donors (Lipinski definition) is 3. The fraction of sp³-hybridized carbons (Fsp3) is 0. The predicted octanol–water partition coefficient (Wildman–Crippen LogP) is 2.55. The molecule has 0 spiro atoms. The van der Waals surface area contributed by atoms with Gasteiger partial charge in [0.25, 0.3) is 0 Å². The van der Waals surface area contributed by atoms with Crippen molar-refractivity contribution in [3.05, 3.63) is 99.6 Å². The Hall–Kier alpha value is -4.26. The summed E-state index contributed by atoms with van der Waals surface area (Å²) in [6.45, 7) is 0. The topological polar surface area (TPSA) is 129 Å². The molecular formula is C22H12O7. The molecule has 4 aliphatic rings. The molecular weight excluding hydrogens is 376 g/mol. The van der Waals surface area contributed by atoms with Gasteiger partial charge in [-0.15, -0.1) is 0 Å². The van der Waals surface area contributed by atoms with Crippen molar-refractivity contribution in [2.75, 3.05) is 0 Å². The molecule has 0 fully saturated rings. The van der Waals surface area contributed by atoms with E-state index in [9.17, 15) is 34.5 Å². The quantitative estimate of drug-likeness (QED) is 0.583. The van der Waals surface area contributed by atoms with Gasteiger partial charge < -0.3 is 15.3 Å². The molecule has 29 heavy (non-hydrogen) atoms. The Morgan fingerprint density at radius 1 is 0.621 bits per heavy atom. The van der Waals surface area contributed by atoms with E-state index in [0.29, 0.717) is 0 Å². The Kier molecular flexibility index (Phi) is 4.01. The van der Waals surface area contributed by atoms with E-state index in [0.717, 1.165) is 24.3 Å². The largest absolute Gasteiger partial charge is 0.507 e. The van der Waals surface area contributed by atoms with Crippen LogP contribution in [0.25, 0.3) is 5.76 Å². The molecule has 7 heteroatoms. The molecule has 0 aromatic heterocycles. The van der Waals surface area contributed by atoms with Crippen LogP contribution in [0.15, 0.2) is 88.5 Å². The zero-order valence-electron chi connectivity index (χ0n) is 14.7. The molecule has 5 rings (SSSR count). The fourth-order valence-corrected chi connectivity index (χ4v) is 3.21. The second-order valence-corrected chi connectivity index (χ2v) is 6.48. The first kappa shape index (κ1) is 18.1. The molecule has 0 atom stereocenters. The lowest BCUT2D eigenvalue weighted by Crippen LogP contribution is -2.20. The van der Waals surface area contributed by atoms with Crippen LogP contribution in [0.4, 0.5) is 0 Å². The van der Waals surface area contributed by atoms with E-state index in [1.807, 2.05) is 0 Å². The average Bonchev–Trinajstić information content (AvgIpc) is 2.71. The van der Waals surface area contributed by atoms with Gasteiger partial charge in [0.15, 0.2) is 11.6 Å². The Balaban J connectivity index is 2.10. The van der Waals surface area contributed by atoms with Crippen LogP contribution >= 0.6 is 0 Å². The Bertz CT molecular complexity index is 1230. The summed E-state index contributed by atoms with van der Waals surface area (Å²) < 4.78 is 0.